The van der Waals surface area contributed by atoms with Crippen molar-refractivity contribution in [2.24, 2.45) is 5.73 Å². The summed E-state index contributed by atoms with van der Waals surface area (Å²) in [6.07, 6.45) is 3.94. The monoisotopic (exact) mass is 365 g/mol. The molecule has 0 aliphatic carbocycles. The van der Waals surface area contributed by atoms with Crippen LogP contribution in [0.25, 0.3) is 0 Å². The maximum atomic E-state index is 10.7. The Morgan fingerprint density at radius 3 is 2.83 bits per heavy atom. The van der Waals surface area contributed by atoms with Crippen LogP contribution in [0, 0.1) is 3.70 Å². The average molecular weight is 365 g/mol. The molecule has 0 saturated heterocycles. The summed E-state index contributed by atoms with van der Waals surface area (Å²) in [5.74, 6) is 1.09. The fraction of sp³-hybridized carbons (Fsp3) is 0.667. The number of nitrogens with two attached hydrogens (primary N) is 1. The van der Waals surface area contributed by atoms with E-state index in [4.69, 9.17) is 10.5 Å². The van der Waals surface area contributed by atoms with Crippen molar-refractivity contribution >= 4 is 28.7 Å². The summed E-state index contributed by atoms with van der Waals surface area (Å²) < 4.78 is 8.22. The number of hydrogen-bond acceptors (Lipinski definition) is 3. The van der Waals surface area contributed by atoms with Crippen LogP contribution in [0.5, 0.6) is 0 Å². The lowest BCUT2D eigenvalue weighted by atomic mass is 10.0. The summed E-state index contributed by atoms with van der Waals surface area (Å²) in [6, 6.07) is 0. The number of ether oxygens (including phenoxy) is 1. The number of amides is 1. The Kier molecular flexibility index (Phi) is 5.43. The molecule has 0 aromatic carbocycles. The molecule has 1 amide bonds. The summed E-state index contributed by atoms with van der Waals surface area (Å²) in [5, 5.41) is 0. The van der Waals surface area contributed by atoms with Gasteiger partial charge >= 0.3 is 6.09 Å². The standard InChI is InChI=1S/C12H20IN3O2/c1-4-10-15-9(13)8-16(10)7-5-6-12(2,3)18-11(14)17/h8H,4-7H2,1-3H3,(H2,14,17). The number of carbonyl (C=O) groups excluding carboxylic acids is 1. The fourth-order valence-corrected chi connectivity index (χ4v) is 2.51. The van der Waals surface area contributed by atoms with Crippen LogP contribution in [-0.2, 0) is 17.7 Å². The Labute approximate surface area is 121 Å². The second-order valence-corrected chi connectivity index (χ2v) is 5.92. The van der Waals surface area contributed by atoms with Crippen LogP contribution < -0.4 is 5.73 Å². The van der Waals surface area contributed by atoms with Crippen LogP contribution in [-0.4, -0.2) is 21.2 Å². The summed E-state index contributed by atoms with van der Waals surface area (Å²) in [5.41, 5.74) is 4.53. The molecule has 0 atom stereocenters. The highest BCUT2D eigenvalue weighted by Gasteiger charge is 2.21. The normalized spacial score (nSPS) is 11.6. The third-order valence-electron chi connectivity index (χ3n) is 2.70. The molecule has 6 heteroatoms. The topological polar surface area (TPSA) is 70.1 Å². The van der Waals surface area contributed by atoms with E-state index in [1.807, 2.05) is 20.0 Å². The van der Waals surface area contributed by atoms with Crippen molar-refractivity contribution in [1.29, 1.82) is 0 Å². The first-order valence-corrected chi connectivity index (χ1v) is 7.12. The average Bonchev–Trinajstić information content (AvgIpc) is 2.56. The molecule has 0 unspecified atom stereocenters. The highest BCUT2D eigenvalue weighted by molar-refractivity contribution is 14.1. The van der Waals surface area contributed by atoms with Crippen LogP contribution in [0.3, 0.4) is 0 Å². The van der Waals surface area contributed by atoms with Gasteiger partial charge in [0.1, 0.15) is 15.1 Å². The van der Waals surface area contributed by atoms with Gasteiger partial charge in [-0.2, -0.15) is 0 Å². The molecular formula is C12H20IN3O2. The number of aryl methyl sites for hydroxylation is 2. The molecule has 0 aliphatic rings. The van der Waals surface area contributed by atoms with Gasteiger partial charge in [-0.3, -0.25) is 0 Å². The maximum Gasteiger partial charge on any atom is 0.405 e. The zero-order valence-electron chi connectivity index (χ0n) is 11.1. The SMILES string of the molecule is CCc1nc(I)cn1CCCC(C)(C)OC(N)=O. The minimum absolute atomic E-state index is 0.508. The Balaban J connectivity index is 2.48. The Bertz CT molecular complexity index is 415. The summed E-state index contributed by atoms with van der Waals surface area (Å²) in [4.78, 5) is 15.2. The highest BCUT2D eigenvalue weighted by Crippen LogP contribution is 2.18. The van der Waals surface area contributed by atoms with Crippen LogP contribution >= 0.6 is 22.6 Å². The smallest absolute Gasteiger partial charge is 0.405 e. The minimum Gasteiger partial charge on any atom is -0.444 e. The number of primary amides is 1. The quantitative estimate of drug-likeness (QED) is 0.788. The first kappa shape index (κ1) is 15.3. The predicted octanol–water partition coefficient (Wildman–Crippen LogP) is 2.70. The van der Waals surface area contributed by atoms with Crippen molar-refractivity contribution in [1.82, 2.24) is 9.55 Å². The van der Waals surface area contributed by atoms with Gasteiger partial charge in [0.05, 0.1) is 0 Å². The lowest BCUT2D eigenvalue weighted by Gasteiger charge is -2.23. The lowest BCUT2D eigenvalue weighted by molar-refractivity contribution is 0.0368. The van der Waals surface area contributed by atoms with E-state index in [0.717, 1.165) is 35.3 Å². The second kappa shape index (κ2) is 6.40. The van der Waals surface area contributed by atoms with Crippen LogP contribution in [0.15, 0.2) is 6.20 Å². The van der Waals surface area contributed by atoms with Crippen molar-refractivity contribution in [3.63, 3.8) is 0 Å². The zero-order valence-corrected chi connectivity index (χ0v) is 13.2. The number of halogens is 1. The van der Waals surface area contributed by atoms with Gasteiger partial charge in [-0.15, -0.1) is 0 Å². The first-order chi connectivity index (χ1) is 8.34. The van der Waals surface area contributed by atoms with E-state index in [1.54, 1.807) is 0 Å². The van der Waals surface area contributed by atoms with Crippen LogP contribution in [0.4, 0.5) is 4.79 Å². The molecule has 0 saturated carbocycles. The molecule has 1 aromatic rings. The predicted molar refractivity (Wildman–Crippen MR) is 78.3 cm³/mol. The molecule has 0 fully saturated rings. The molecule has 18 heavy (non-hydrogen) atoms. The van der Waals surface area contributed by atoms with Gasteiger partial charge in [-0.05, 0) is 49.3 Å². The molecule has 5 nitrogen and oxygen atoms in total. The van der Waals surface area contributed by atoms with E-state index in [1.165, 1.54) is 0 Å². The molecule has 0 aliphatic heterocycles. The molecule has 0 spiro atoms. The summed E-state index contributed by atoms with van der Waals surface area (Å²) in [7, 11) is 0. The number of aromatic nitrogens is 2. The number of carbonyl (C=O) groups is 1. The summed E-state index contributed by atoms with van der Waals surface area (Å²) >= 11 is 2.22. The van der Waals surface area contributed by atoms with Gasteiger partial charge in [-0.1, -0.05) is 6.92 Å². The fourth-order valence-electron chi connectivity index (χ4n) is 1.89. The van der Waals surface area contributed by atoms with E-state index < -0.39 is 11.7 Å². The van der Waals surface area contributed by atoms with E-state index >= 15 is 0 Å². The number of imidazole rings is 1. The maximum absolute atomic E-state index is 10.7. The van der Waals surface area contributed by atoms with E-state index in [2.05, 4.69) is 39.1 Å². The minimum atomic E-state index is -0.716. The third kappa shape index (κ3) is 4.83. The van der Waals surface area contributed by atoms with Crippen molar-refractivity contribution in [3.05, 3.63) is 15.7 Å². The Morgan fingerprint density at radius 2 is 2.28 bits per heavy atom. The molecule has 1 aromatic heterocycles. The summed E-state index contributed by atoms with van der Waals surface area (Å²) in [6.45, 7) is 6.71. The highest BCUT2D eigenvalue weighted by atomic mass is 127. The number of nitrogens with zero attached hydrogens (tertiary/aromatic N) is 2. The van der Waals surface area contributed by atoms with Gasteiger partial charge in [-0.25, -0.2) is 9.78 Å². The Hall–Kier alpha value is -0.790. The molecule has 1 rings (SSSR count). The van der Waals surface area contributed by atoms with Gasteiger partial charge in [0.15, 0.2) is 0 Å². The Morgan fingerprint density at radius 1 is 1.61 bits per heavy atom. The van der Waals surface area contributed by atoms with E-state index in [-0.39, 0.29) is 0 Å². The molecule has 0 radical (unpaired) electrons. The van der Waals surface area contributed by atoms with Crippen LogP contribution in [0.1, 0.15) is 39.4 Å². The van der Waals surface area contributed by atoms with Crippen molar-refractivity contribution < 1.29 is 9.53 Å². The van der Waals surface area contributed by atoms with E-state index in [9.17, 15) is 4.79 Å². The molecule has 102 valence electrons. The molecule has 1 heterocycles. The van der Waals surface area contributed by atoms with Crippen molar-refractivity contribution in [2.45, 2.75) is 52.2 Å². The molecule has 0 bridgehead atoms. The van der Waals surface area contributed by atoms with Crippen molar-refractivity contribution in [3.8, 4) is 0 Å². The van der Waals surface area contributed by atoms with E-state index in [0.29, 0.717) is 0 Å². The largest absolute Gasteiger partial charge is 0.444 e. The van der Waals surface area contributed by atoms with Gasteiger partial charge in [0, 0.05) is 19.2 Å². The first-order valence-electron chi connectivity index (χ1n) is 6.04. The van der Waals surface area contributed by atoms with Crippen molar-refractivity contribution in [2.75, 3.05) is 0 Å². The zero-order chi connectivity index (χ0) is 13.8. The van der Waals surface area contributed by atoms with Gasteiger partial charge in [0.25, 0.3) is 0 Å². The lowest BCUT2D eigenvalue weighted by Crippen LogP contribution is -2.31. The molecular weight excluding hydrogens is 345 g/mol. The number of hydrogen-bond donors (Lipinski definition) is 1. The number of rotatable bonds is 6. The van der Waals surface area contributed by atoms with Crippen LogP contribution in [0.2, 0.25) is 0 Å². The van der Waals surface area contributed by atoms with Gasteiger partial charge < -0.3 is 15.0 Å². The van der Waals surface area contributed by atoms with Gasteiger partial charge in [0.2, 0.25) is 0 Å². The molecule has 2 N–H and O–H groups in total. The third-order valence-corrected chi connectivity index (χ3v) is 3.22. The second-order valence-electron chi connectivity index (χ2n) is 4.81.